The lowest BCUT2D eigenvalue weighted by molar-refractivity contribution is 0.297. The molecule has 3 rings (SSSR count). The van der Waals surface area contributed by atoms with Crippen LogP contribution >= 0.6 is 0 Å². The van der Waals surface area contributed by atoms with Crippen molar-refractivity contribution in [2.75, 3.05) is 5.73 Å². The van der Waals surface area contributed by atoms with E-state index in [1.807, 2.05) is 12.1 Å². The third kappa shape index (κ3) is 1.91. The number of allylic oxidation sites excluding steroid dienone is 1. The van der Waals surface area contributed by atoms with Gasteiger partial charge in [0.1, 0.15) is 0 Å². The zero-order valence-corrected chi connectivity index (χ0v) is 11.1. The predicted octanol–water partition coefficient (Wildman–Crippen LogP) is 2.83. The number of nitrogen functional groups attached to an aromatic ring is 1. The number of piperidine rings is 1. The number of nitrogens with two attached hydrogens (primary N) is 1. The van der Waals surface area contributed by atoms with Crippen molar-refractivity contribution in [3.8, 4) is 0 Å². The summed E-state index contributed by atoms with van der Waals surface area (Å²) in [5.41, 5.74) is 12.2. The van der Waals surface area contributed by atoms with Gasteiger partial charge >= 0.3 is 0 Å². The zero-order valence-electron chi connectivity index (χ0n) is 11.1. The summed E-state index contributed by atoms with van der Waals surface area (Å²) in [6.45, 7) is 13.2. The standard InChI is InChI=1S/C16H19N3/c1-10-4-7-16(11(2)18-10)19-9-13-5-6-14(17)8-15(13)12(19)3/h5-6,8,16,18H,1-4,7,9,17H2. The van der Waals surface area contributed by atoms with E-state index in [0.717, 1.165) is 47.7 Å². The fourth-order valence-corrected chi connectivity index (χ4v) is 2.93. The van der Waals surface area contributed by atoms with Gasteiger partial charge in [-0.2, -0.15) is 0 Å². The number of benzene rings is 1. The van der Waals surface area contributed by atoms with E-state index in [4.69, 9.17) is 5.73 Å². The molecule has 3 heteroatoms. The summed E-state index contributed by atoms with van der Waals surface area (Å²) in [4.78, 5) is 2.31. The minimum atomic E-state index is 0.284. The molecule has 2 aliphatic heterocycles. The summed E-state index contributed by atoms with van der Waals surface area (Å²) in [5.74, 6) is 0. The largest absolute Gasteiger partial charge is 0.399 e. The highest BCUT2D eigenvalue weighted by Gasteiger charge is 2.31. The maximum atomic E-state index is 5.86. The number of nitrogens with zero attached hydrogens (tertiary/aromatic N) is 1. The van der Waals surface area contributed by atoms with Crippen LogP contribution in [0, 0.1) is 0 Å². The average Bonchev–Trinajstić information content (AvgIpc) is 2.67. The van der Waals surface area contributed by atoms with Crippen molar-refractivity contribution in [3.63, 3.8) is 0 Å². The maximum absolute atomic E-state index is 5.86. The van der Waals surface area contributed by atoms with Crippen molar-refractivity contribution in [3.05, 3.63) is 60.5 Å². The molecule has 1 fully saturated rings. The summed E-state index contributed by atoms with van der Waals surface area (Å²) in [7, 11) is 0. The molecular weight excluding hydrogens is 234 g/mol. The van der Waals surface area contributed by atoms with Crippen LogP contribution in [0.3, 0.4) is 0 Å². The summed E-state index contributed by atoms with van der Waals surface area (Å²) in [6.07, 6.45) is 2.01. The monoisotopic (exact) mass is 253 g/mol. The Morgan fingerprint density at radius 2 is 2.05 bits per heavy atom. The number of nitrogens with one attached hydrogen (secondary N) is 1. The molecule has 0 aromatic heterocycles. The molecule has 0 saturated carbocycles. The lowest BCUT2D eigenvalue weighted by Gasteiger charge is -2.36. The van der Waals surface area contributed by atoms with Gasteiger partial charge in [0, 0.05) is 34.9 Å². The van der Waals surface area contributed by atoms with Crippen molar-refractivity contribution in [2.24, 2.45) is 0 Å². The van der Waals surface area contributed by atoms with Crippen molar-refractivity contribution >= 4 is 11.4 Å². The number of hydrogen-bond donors (Lipinski definition) is 2. The van der Waals surface area contributed by atoms with Gasteiger partial charge < -0.3 is 16.0 Å². The van der Waals surface area contributed by atoms with E-state index < -0.39 is 0 Å². The molecule has 1 aromatic carbocycles. The fourth-order valence-electron chi connectivity index (χ4n) is 2.93. The molecule has 2 heterocycles. The van der Waals surface area contributed by atoms with Crippen LogP contribution in [0.5, 0.6) is 0 Å². The number of anilines is 1. The molecule has 19 heavy (non-hydrogen) atoms. The van der Waals surface area contributed by atoms with E-state index in [1.165, 1.54) is 5.56 Å². The molecule has 1 aromatic rings. The quantitative estimate of drug-likeness (QED) is 0.756. The molecule has 2 aliphatic rings. The second kappa shape index (κ2) is 4.19. The fraction of sp³-hybridized carbons (Fsp3) is 0.250. The normalized spacial score (nSPS) is 22.4. The first-order valence-corrected chi connectivity index (χ1v) is 6.54. The average molecular weight is 253 g/mol. The van der Waals surface area contributed by atoms with Crippen LogP contribution in [0.2, 0.25) is 0 Å². The summed E-state index contributed by atoms with van der Waals surface area (Å²) >= 11 is 0. The topological polar surface area (TPSA) is 41.3 Å². The summed E-state index contributed by atoms with van der Waals surface area (Å²) in [5, 5.41) is 3.27. The summed E-state index contributed by atoms with van der Waals surface area (Å²) < 4.78 is 0. The lowest BCUT2D eigenvalue weighted by Crippen LogP contribution is -2.39. The Balaban J connectivity index is 1.88. The predicted molar refractivity (Wildman–Crippen MR) is 79.9 cm³/mol. The van der Waals surface area contributed by atoms with Crippen LogP contribution in [0.25, 0.3) is 5.70 Å². The minimum absolute atomic E-state index is 0.284. The summed E-state index contributed by atoms with van der Waals surface area (Å²) in [6, 6.07) is 6.33. The van der Waals surface area contributed by atoms with E-state index >= 15 is 0 Å². The van der Waals surface area contributed by atoms with Crippen LogP contribution < -0.4 is 11.1 Å². The van der Waals surface area contributed by atoms with Gasteiger partial charge in [-0.05, 0) is 30.5 Å². The lowest BCUT2D eigenvalue weighted by atomic mass is 10.0. The molecule has 0 radical (unpaired) electrons. The zero-order chi connectivity index (χ0) is 13.6. The van der Waals surface area contributed by atoms with Crippen LogP contribution in [0.1, 0.15) is 24.0 Å². The minimum Gasteiger partial charge on any atom is -0.399 e. The van der Waals surface area contributed by atoms with E-state index in [2.05, 4.69) is 36.0 Å². The number of hydrogen-bond acceptors (Lipinski definition) is 3. The number of fused-ring (bicyclic) bond motifs is 1. The molecule has 3 N–H and O–H groups in total. The Labute approximate surface area is 114 Å². The van der Waals surface area contributed by atoms with Crippen LogP contribution in [0.4, 0.5) is 5.69 Å². The van der Waals surface area contributed by atoms with E-state index in [-0.39, 0.29) is 6.04 Å². The highest BCUT2D eigenvalue weighted by molar-refractivity contribution is 5.72. The van der Waals surface area contributed by atoms with Crippen molar-refractivity contribution in [1.29, 1.82) is 0 Å². The maximum Gasteiger partial charge on any atom is 0.0693 e. The second-order valence-electron chi connectivity index (χ2n) is 5.30. The van der Waals surface area contributed by atoms with Gasteiger partial charge in [-0.15, -0.1) is 0 Å². The van der Waals surface area contributed by atoms with Gasteiger partial charge in [0.05, 0.1) is 6.04 Å². The van der Waals surface area contributed by atoms with Gasteiger partial charge in [0.15, 0.2) is 0 Å². The van der Waals surface area contributed by atoms with Crippen LogP contribution in [0.15, 0.2) is 49.3 Å². The van der Waals surface area contributed by atoms with Gasteiger partial charge in [-0.3, -0.25) is 0 Å². The van der Waals surface area contributed by atoms with Crippen LogP contribution in [-0.4, -0.2) is 10.9 Å². The molecule has 0 bridgehead atoms. The Kier molecular flexibility index (Phi) is 2.63. The molecule has 0 aliphatic carbocycles. The first-order chi connectivity index (χ1) is 9.06. The Morgan fingerprint density at radius 3 is 2.79 bits per heavy atom. The van der Waals surface area contributed by atoms with Crippen molar-refractivity contribution in [2.45, 2.75) is 25.4 Å². The third-order valence-electron chi connectivity index (χ3n) is 3.97. The first-order valence-electron chi connectivity index (χ1n) is 6.54. The highest BCUT2D eigenvalue weighted by atomic mass is 15.2. The third-order valence-corrected chi connectivity index (χ3v) is 3.97. The highest BCUT2D eigenvalue weighted by Crippen LogP contribution is 2.37. The van der Waals surface area contributed by atoms with Gasteiger partial charge in [0.25, 0.3) is 0 Å². The Morgan fingerprint density at radius 1 is 1.26 bits per heavy atom. The van der Waals surface area contributed by atoms with E-state index in [9.17, 15) is 0 Å². The molecule has 98 valence electrons. The van der Waals surface area contributed by atoms with Gasteiger partial charge in [-0.25, -0.2) is 0 Å². The number of rotatable bonds is 1. The van der Waals surface area contributed by atoms with Gasteiger partial charge in [-0.1, -0.05) is 25.8 Å². The molecule has 3 nitrogen and oxygen atoms in total. The second-order valence-corrected chi connectivity index (χ2v) is 5.30. The molecule has 0 spiro atoms. The van der Waals surface area contributed by atoms with Gasteiger partial charge in [0.2, 0.25) is 0 Å². The van der Waals surface area contributed by atoms with Crippen LogP contribution in [-0.2, 0) is 6.54 Å². The van der Waals surface area contributed by atoms with Crippen molar-refractivity contribution in [1.82, 2.24) is 10.2 Å². The smallest absolute Gasteiger partial charge is 0.0693 e. The van der Waals surface area contributed by atoms with Crippen molar-refractivity contribution < 1.29 is 0 Å². The Bertz CT molecular complexity index is 586. The van der Waals surface area contributed by atoms with E-state index in [1.54, 1.807) is 0 Å². The Hall–Kier alpha value is -2.16. The molecule has 1 saturated heterocycles. The first kappa shape index (κ1) is 11.9. The molecule has 0 amide bonds. The molecule has 1 unspecified atom stereocenters. The molecule has 1 atom stereocenters. The molecular formula is C16H19N3. The SMILES string of the molecule is C=C1CCC(N2Cc3ccc(N)cc3C2=C)C(=C)N1. The van der Waals surface area contributed by atoms with E-state index in [0.29, 0.717) is 0 Å².